The summed E-state index contributed by atoms with van der Waals surface area (Å²) in [6.07, 6.45) is 0. The standard InChI is InChI=1S/C18H14ClFN4O/c1-11-21-16(18(25)24-12-5-3-2-4-6-12)10-17(22-11)23-13-7-8-15(20)14(19)9-13/h2-10H,1H3,(H,24,25)(H,21,22,23). The molecule has 1 amide bonds. The molecule has 0 fully saturated rings. The number of nitrogens with one attached hydrogen (secondary N) is 2. The maximum absolute atomic E-state index is 13.2. The van der Waals surface area contributed by atoms with Gasteiger partial charge in [0.15, 0.2) is 0 Å². The second-order valence-electron chi connectivity index (χ2n) is 5.26. The molecule has 0 bridgehead atoms. The zero-order valence-corrected chi connectivity index (χ0v) is 14.0. The van der Waals surface area contributed by atoms with E-state index >= 15 is 0 Å². The van der Waals surface area contributed by atoms with Crippen molar-refractivity contribution in [3.05, 3.63) is 77.0 Å². The first-order valence-corrected chi connectivity index (χ1v) is 7.83. The molecule has 25 heavy (non-hydrogen) atoms. The van der Waals surface area contributed by atoms with E-state index in [1.54, 1.807) is 19.1 Å². The first-order chi connectivity index (χ1) is 12.0. The normalized spacial score (nSPS) is 10.4. The number of para-hydroxylation sites is 1. The Morgan fingerprint density at radius 3 is 2.52 bits per heavy atom. The highest BCUT2D eigenvalue weighted by molar-refractivity contribution is 6.31. The lowest BCUT2D eigenvalue weighted by Gasteiger charge is -2.09. The number of hydrogen-bond acceptors (Lipinski definition) is 4. The van der Waals surface area contributed by atoms with Gasteiger partial charge in [-0.25, -0.2) is 14.4 Å². The highest BCUT2D eigenvalue weighted by Crippen LogP contribution is 2.22. The number of halogens is 2. The van der Waals surface area contributed by atoms with Crippen molar-refractivity contribution in [2.75, 3.05) is 10.6 Å². The van der Waals surface area contributed by atoms with Gasteiger partial charge in [0, 0.05) is 17.4 Å². The van der Waals surface area contributed by atoms with Gasteiger partial charge in [0.1, 0.15) is 23.2 Å². The molecule has 2 aromatic carbocycles. The fourth-order valence-electron chi connectivity index (χ4n) is 2.19. The molecule has 1 heterocycles. The number of aromatic nitrogens is 2. The summed E-state index contributed by atoms with van der Waals surface area (Å²) in [7, 11) is 0. The number of carbonyl (C=O) groups excluding carboxylic acids is 1. The number of benzene rings is 2. The summed E-state index contributed by atoms with van der Waals surface area (Å²) < 4.78 is 13.2. The fraction of sp³-hybridized carbons (Fsp3) is 0.0556. The van der Waals surface area contributed by atoms with Crippen LogP contribution in [0.5, 0.6) is 0 Å². The van der Waals surface area contributed by atoms with Crippen molar-refractivity contribution in [3.63, 3.8) is 0 Å². The van der Waals surface area contributed by atoms with Crippen LogP contribution in [0.3, 0.4) is 0 Å². The van der Waals surface area contributed by atoms with Gasteiger partial charge in [-0.15, -0.1) is 0 Å². The minimum Gasteiger partial charge on any atom is -0.340 e. The van der Waals surface area contributed by atoms with Gasteiger partial charge >= 0.3 is 0 Å². The summed E-state index contributed by atoms with van der Waals surface area (Å²) in [5.74, 6) is -0.0179. The number of rotatable bonds is 4. The van der Waals surface area contributed by atoms with Crippen LogP contribution in [-0.2, 0) is 0 Å². The van der Waals surface area contributed by atoms with Crippen LogP contribution >= 0.6 is 11.6 Å². The van der Waals surface area contributed by atoms with Gasteiger partial charge in [0.2, 0.25) is 0 Å². The number of anilines is 3. The first-order valence-electron chi connectivity index (χ1n) is 7.45. The Morgan fingerprint density at radius 2 is 1.80 bits per heavy atom. The van der Waals surface area contributed by atoms with Crippen LogP contribution in [0.2, 0.25) is 5.02 Å². The van der Waals surface area contributed by atoms with Crippen molar-refractivity contribution in [2.45, 2.75) is 6.92 Å². The molecule has 0 unspecified atom stereocenters. The molecule has 0 atom stereocenters. The zero-order chi connectivity index (χ0) is 17.8. The third kappa shape index (κ3) is 4.30. The Kier molecular flexibility index (Phi) is 4.90. The fourth-order valence-corrected chi connectivity index (χ4v) is 2.37. The average Bonchev–Trinajstić information content (AvgIpc) is 2.58. The molecule has 0 aliphatic carbocycles. The molecular weight excluding hydrogens is 343 g/mol. The van der Waals surface area contributed by atoms with E-state index in [-0.39, 0.29) is 16.6 Å². The summed E-state index contributed by atoms with van der Waals surface area (Å²) in [4.78, 5) is 20.8. The Balaban J connectivity index is 1.82. The number of carbonyl (C=O) groups is 1. The van der Waals surface area contributed by atoms with E-state index in [4.69, 9.17) is 11.6 Å². The van der Waals surface area contributed by atoms with Crippen LogP contribution < -0.4 is 10.6 Å². The monoisotopic (exact) mass is 356 g/mol. The molecule has 7 heteroatoms. The molecule has 3 aromatic rings. The molecule has 0 radical (unpaired) electrons. The summed E-state index contributed by atoms with van der Waals surface area (Å²) in [5.41, 5.74) is 1.44. The molecule has 3 rings (SSSR count). The predicted molar refractivity (Wildman–Crippen MR) is 95.9 cm³/mol. The van der Waals surface area contributed by atoms with Crippen LogP contribution in [0.1, 0.15) is 16.3 Å². The Morgan fingerprint density at radius 1 is 1.04 bits per heavy atom. The molecule has 2 N–H and O–H groups in total. The Labute approximate surface area is 148 Å². The van der Waals surface area contributed by atoms with Crippen LogP contribution in [0.25, 0.3) is 0 Å². The highest BCUT2D eigenvalue weighted by atomic mass is 35.5. The molecule has 126 valence electrons. The molecule has 0 saturated heterocycles. The van der Waals surface area contributed by atoms with E-state index in [9.17, 15) is 9.18 Å². The van der Waals surface area contributed by atoms with E-state index in [0.717, 1.165) is 0 Å². The van der Waals surface area contributed by atoms with Crippen LogP contribution in [-0.4, -0.2) is 15.9 Å². The van der Waals surface area contributed by atoms with Gasteiger partial charge in [0.25, 0.3) is 5.91 Å². The third-order valence-electron chi connectivity index (χ3n) is 3.29. The average molecular weight is 357 g/mol. The molecule has 0 aliphatic heterocycles. The van der Waals surface area contributed by atoms with Crippen molar-refractivity contribution >= 4 is 34.7 Å². The number of nitrogens with zero attached hydrogens (tertiary/aromatic N) is 2. The van der Waals surface area contributed by atoms with E-state index in [0.29, 0.717) is 23.0 Å². The van der Waals surface area contributed by atoms with E-state index in [1.165, 1.54) is 24.3 Å². The second-order valence-corrected chi connectivity index (χ2v) is 5.67. The van der Waals surface area contributed by atoms with Gasteiger partial charge in [-0.2, -0.15) is 0 Å². The minimum absolute atomic E-state index is 0.00202. The Bertz CT molecular complexity index is 918. The SMILES string of the molecule is Cc1nc(Nc2ccc(F)c(Cl)c2)cc(C(=O)Nc2ccccc2)n1. The summed E-state index contributed by atoms with van der Waals surface area (Å²) >= 11 is 5.77. The van der Waals surface area contributed by atoms with Crippen molar-refractivity contribution in [2.24, 2.45) is 0 Å². The molecular formula is C18H14ClFN4O. The van der Waals surface area contributed by atoms with Gasteiger partial charge in [-0.05, 0) is 37.3 Å². The van der Waals surface area contributed by atoms with E-state index < -0.39 is 5.82 Å². The minimum atomic E-state index is -0.506. The van der Waals surface area contributed by atoms with E-state index in [2.05, 4.69) is 20.6 Å². The number of hydrogen-bond donors (Lipinski definition) is 2. The van der Waals surface area contributed by atoms with Crippen molar-refractivity contribution in [1.29, 1.82) is 0 Å². The van der Waals surface area contributed by atoms with Gasteiger partial charge in [-0.3, -0.25) is 4.79 Å². The quantitative estimate of drug-likeness (QED) is 0.718. The Hall–Kier alpha value is -2.99. The molecule has 1 aromatic heterocycles. The molecule has 0 aliphatic rings. The first kappa shape index (κ1) is 16.9. The predicted octanol–water partition coefficient (Wildman–Crippen LogP) is 4.57. The van der Waals surface area contributed by atoms with Crippen molar-refractivity contribution in [3.8, 4) is 0 Å². The molecule has 5 nitrogen and oxygen atoms in total. The maximum atomic E-state index is 13.2. The van der Waals surface area contributed by atoms with E-state index in [1.807, 2.05) is 18.2 Å². The summed E-state index contributed by atoms with van der Waals surface area (Å²) in [5, 5.41) is 5.75. The van der Waals surface area contributed by atoms with Crippen molar-refractivity contribution < 1.29 is 9.18 Å². The topological polar surface area (TPSA) is 66.9 Å². The third-order valence-corrected chi connectivity index (χ3v) is 3.58. The highest BCUT2D eigenvalue weighted by Gasteiger charge is 2.11. The number of aryl methyl sites for hydroxylation is 1. The lowest BCUT2D eigenvalue weighted by atomic mass is 10.3. The lowest BCUT2D eigenvalue weighted by Crippen LogP contribution is -2.15. The molecule has 0 saturated carbocycles. The zero-order valence-electron chi connectivity index (χ0n) is 13.3. The second kappa shape index (κ2) is 7.27. The largest absolute Gasteiger partial charge is 0.340 e. The van der Waals surface area contributed by atoms with Gasteiger partial charge < -0.3 is 10.6 Å². The van der Waals surface area contributed by atoms with Crippen molar-refractivity contribution in [1.82, 2.24) is 9.97 Å². The lowest BCUT2D eigenvalue weighted by molar-refractivity contribution is 0.102. The van der Waals surface area contributed by atoms with Crippen LogP contribution in [0, 0.1) is 12.7 Å². The smallest absolute Gasteiger partial charge is 0.274 e. The van der Waals surface area contributed by atoms with Gasteiger partial charge in [0.05, 0.1) is 5.02 Å². The number of amides is 1. The maximum Gasteiger partial charge on any atom is 0.274 e. The summed E-state index contributed by atoms with van der Waals surface area (Å²) in [6, 6.07) is 14.8. The summed E-state index contributed by atoms with van der Waals surface area (Å²) in [6.45, 7) is 1.68. The van der Waals surface area contributed by atoms with Crippen LogP contribution in [0.4, 0.5) is 21.6 Å². The van der Waals surface area contributed by atoms with Gasteiger partial charge in [-0.1, -0.05) is 29.8 Å². The van der Waals surface area contributed by atoms with Crippen LogP contribution in [0.15, 0.2) is 54.6 Å². The molecule has 0 spiro atoms.